The molecule has 1 heterocycles. The summed E-state index contributed by atoms with van der Waals surface area (Å²) in [6.45, 7) is 0.904. The van der Waals surface area contributed by atoms with E-state index in [0.29, 0.717) is 0 Å². The first kappa shape index (κ1) is 13.9. The Balaban J connectivity index is 1.69. The molecule has 1 saturated carbocycles. The van der Waals surface area contributed by atoms with Crippen molar-refractivity contribution >= 4 is 11.5 Å². The molecule has 0 radical (unpaired) electrons. The SMILES string of the molecule is COc1cccc(N(C)c2ccc(CNC3CC3)cn2)c1. The second-order valence-corrected chi connectivity index (χ2v) is 5.44. The summed E-state index contributed by atoms with van der Waals surface area (Å²) in [5.74, 6) is 1.78. The fourth-order valence-corrected chi connectivity index (χ4v) is 2.22. The topological polar surface area (TPSA) is 37.4 Å². The number of methoxy groups -OCH3 is 1. The van der Waals surface area contributed by atoms with Gasteiger partial charge in [-0.2, -0.15) is 0 Å². The molecule has 0 aliphatic heterocycles. The Morgan fingerprint density at radius 3 is 2.81 bits per heavy atom. The summed E-state index contributed by atoms with van der Waals surface area (Å²) >= 11 is 0. The van der Waals surface area contributed by atoms with Gasteiger partial charge in [0.25, 0.3) is 0 Å². The van der Waals surface area contributed by atoms with Gasteiger partial charge in [0.2, 0.25) is 0 Å². The number of pyridine rings is 1. The van der Waals surface area contributed by atoms with Crippen LogP contribution in [0.25, 0.3) is 0 Å². The Hall–Kier alpha value is -2.07. The minimum absolute atomic E-state index is 0.726. The molecule has 1 aliphatic carbocycles. The van der Waals surface area contributed by atoms with E-state index in [4.69, 9.17) is 4.74 Å². The number of hydrogen-bond acceptors (Lipinski definition) is 4. The Kier molecular flexibility index (Phi) is 4.06. The van der Waals surface area contributed by atoms with Crippen LogP contribution in [0.5, 0.6) is 5.75 Å². The van der Waals surface area contributed by atoms with Gasteiger partial charge in [0.1, 0.15) is 11.6 Å². The van der Waals surface area contributed by atoms with Crippen LogP contribution in [-0.2, 0) is 6.54 Å². The van der Waals surface area contributed by atoms with Gasteiger partial charge < -0.3 is 15.0 Å². The van der Waals surface area contributed by atoms with Gasteiger partial charge in [0, 0.05) is 37.6 Å². The molecular formula is C17H21N3O. The predicted molar refractivity (Wildman–Crippen MR) is 85.2 cm³/mol. The Labute approximate surface area is 125 Å². The van der Waals surface area contributed by atoms with E-state index in [9.17, 15) is 0 Å². The van der Waals surface area contributed by atoms with Crippen LogP contribution in [0.15, 0.2) is 42.6 Å². The van der Waals surface area contributed by atoms with Crippen LogP contribution in [0.4, 0.5) is 11.5 Å². The lowest BCUT2D eigenvalue weighted by molar-refractivity contribution is 0.415. The second-order valence-electron chi connectivity index (χ2n) is 5.44. The maximum atomic E-state index is 5.26. The Morgan fingerprint density at radius 1 is 1.29 bits per heavy atom. The zero-order valence-corrected chi connectivity index (χ0v) is 12.5. The molecule has 0 spiro atoms. The average Bonchev–Trinajstić information content (AvgIpc) is 3.37. The summed E-state index contributed by atoms with van der Waals surface area (Å²) in [4.78, 5) is 6.61. The molecular weight excluding hydrogens is 262 g/mol. The summed E-state index contributed by atoms with van der Waals surface area (Å²) < 4.78 is 5.26. The molecule has 1 aliphatic rings. The molecule has 4 nitrogen and oxygen atoms in total. The Morgan fingerprint density at radius 2 is 2.14 bits per heavy atom. The summed E-state index contributed by atoms with van der Waals surface area (Å²) in [5.41, 5.74) is 2.29. The van der Waals surface area contributed by atoms with Crippen molar-refractivity contribution in [3.63, 3.8) is 0 Å². The molecule has 0 atom stereocenters. The van der Waals surface area contributed by atoms with E-state index in [2.05, 4.69) is 27.3 Å². The largest absolute Gasteiger partial charge is 0.497 e. The van der Waals surface area contributed by atoms with Crippen molar-refractivity contribution < 1.29 is 4.74 Å². The van der Waals surface area contributed by atoms with Crippen molar-refractivity contribution in [1.82, 2.24) is 10.3 Å². The number of anilines is 2. The van der Waals surface area contributed by atoms with Gasteiger partial charge >= 0.3 is 0 Å². The zero-order valence-electron chi connectivity index (χ0n) is 12.5. The predicted octanol–water partition coefficient (Wildman–Crippen LogP) is 3.11. The van der Waals surface area contributed by atoms with E-state index in [-0.39, 0.29) is 0 Å². The van der Waals surface area contributed by atoms with Crippen molar-refractivity contribution in [2.45, 2.75) is 25.4 Å². The van der Waals surface area contributed by atoms with Crippen molar-refractivity contribution in [2.24, 2.45) is 0 Å². The third-order valence-corrected chi connectivity index (χ3v) is 3.77. The minimum Gasteiger partial charge on any atom is -0.497 e. The number of benzene rings is 1. The molecule has 3 rings (SSSR count). The molecule has 0 bridgehead atoms. The lowest BCUT2D eigenvalue weighted by atomic mass is 10.2. The highest BCUT2D eigenvalue weighted by molar-refractivity contribution is 5.60. The van der Waals surface area contributed by atoms with Crippen LogP contribution in [-0.4, -0.2) is 25.2 Å². The van der Waals surface area contributed by atoms with Crippen LogP contribution in [0.3, 0.4) is 0 Å². The average molecular weight is 283 g/mol. The lowest BCUT2D eigenvalue weighted by Crippen LogP contribution is -2.16. The normalized spacial score (nSPS) is 14.0. The minimum atomic E-state index is 0.726. The van der Waals surface area contributed by atoms with E-state index in [1.807, 2.05) is 37.5 Å². The number of hydrogen-bond donors (Lipinski definition) is 1. The first-order valence-electron chi connectivity index (χ1n) is 7.32. The standard InChI is InChI=1S/C17H21N3O/c1-20(15-4-3-5-16(10-15)21-2)17-9-6-13(12-19-17)11-18-14-7-8-14/h3-6,9-10,12,14,18H,7-8,11H2,1-2H3. The molecule has 21 heavy (non-hydrogen) atoms. The number of nitrogens with one attached hydrogen (secondary N) is 1. The highest BCUT2D eigenvalue weighted by atomic mass is 16.5. The summed E-state index contributed by atoms with van der Waals surface area (Å²) in [7, 11) is 3.69. The van der Waals surface area contributed by atoms with E-state index >= 15 is 0 Å². The van der Waals surface area contributed by atoms with E-state index in [0.717, 1.165) is 29.8 Å². The van der Waals surface area contributed by atoms with Gasteiger partial charge in [-0.1, -0.05) is 12.1 Å². The zero-order chi connectivity index (χ0) is 14.7. The summed E-state index contributed by atoms with van der Waals surface area (Å²) in [6, 6.07) is 12.9. The van der Waals surface area contributed by atoms with Gasteiger partial charge in [-0.05, 0) is 36.6 Å². The van der Waals surface area contributed by atoms with Crippen molar-refractivity contribution in [1.29, 1.82) is 0 Å². The molecule has 1 aromatic carbocycles. The first-order chi connectivity index (χ1) is 10.3. The Bertz CT molecular complexity index is 593. The van der Waals surface area contributed by atoms with E-state index < -0.39 is 0 Å². The molecule has 0 unspecified atom stereocenters. The molecule has 2 aromatic rings. The van der Waals surface area contributed by atoms with Gasteiger partial charge in [-0.15, -0.1) is 0 Å². The van der Waals surface area contributed by atoms with Crippen LogP contribution in [0, 0.1) is 0 Å². The van der Waals surface area contributed by atoms with Gasteiger partial charge in [0.05, 0.1) is 7.11 Å². The molecule has 0 saturated heterocycles. The molecule has 1 N–H and O–H groups in total. The van der Waals surface area contributed by atoms with Gasteiger partial charge in [-0.25, -0.2) is 4.98 Å². The summed E-state index contributed by atoms with van der Waals surface area (Å²) in [5, 5.41) is 3.50. The van der Waals surface area contributed by atoms with Gasteiger partial charge in [0.15, 0.2) is 0 Å². The molecule has 1 fully saturated rings. The van der Waals surface area contributed by atoms with Gasteiger partial charge in [-0.3, -0.25) is 0 Å². The highest BCUT2D eigenvalue weighted by Crippen LogP contribution is 2.25. The van der Waals surface area contributed by atoms with E-state index in [1.54, 1.807) is 7.11 Å². The third-order valence-electron chi connectivity index (χ3n) is 3.77. The first-order valence-corrected chi connectivity index (χ1v) is 7.32. The number of rotatable bonds is 6. The molecule has 4 heteroatoms. The van der Waals surface area contributed by atoms with Crippen LogP contribution < -0.4 is 15.0 Å². The molecule has 1 aromatic heterocycles. The summed E-state index contributed by atoms with van der Waals surface area (Å²) in [6.07, 6.45) is 4.57. The maximum Gasteiger partial charge on any atom is 0.132 e. The van der Waals surface area contributed by atoms with E-state index in [1.165, 1.54) is 18.4 Å². The quantitative estimate of drug-likeness (QED) is 0.884. The fourth-order valence-electron chi connectivity index (χ4n) is 2.22. The van der Waals surface area contributed by atoms with Crippen LogP contribution in [0.2, 0.25) is 0 Å². The van der Waals surface area contributed by atoms with Crippen molar-refractivity contribution in [3.05, 3.63) is 48.2 Å². The highest BCUT2D eigenvalue weighted by Gasteiger charge is 2.19. The number of aromatic nitrogens is 1. The maximum absolute atomic E-state index is 5.26. The smallest absolute Gasteiger partial charge is 0.132 e. The fraction of sp³-hybridized carbons (Fsp3) is 0.353. The molecule has 110 valence electrons. The number of nitrogens with zero attached hydrogens (tertiary/aromatic N) is 2. The molecule has 0 amide bonds. The van der Waals surface area contributed by atoms with Crippen molar-refractivity contribution in [2.75, 3.05) is 19.1 Å². The van der Waals surface area contributed by atoms with Crippen LogP contribution in [0.1, 0.15) is 18.4 Å². The lowest BCUT2D eigenvalue weighted by Gasteiger charge is -2.19. The monoisotopic (exact) mass is 283 g/mol. The van der Waals surface area contributed by atoms with Crippen molar-refractivity contribution in [3.8, 4) is 5.75 Å². The number of ether oxygens (including phenoxy) is 1. The van der Waals surface area contributed by atoms with Crippen LogP contribution >= 0.6 is 0 Å². The third kappa shape index (κ3) is 3.52. The second kappa shape index (κ2) is 6.14.